The average Bonchev–Trinajstić information content (AvgIpc) is 2.61. The number of carbonyl (C=O) groups is 1. The number of aromatic nitrogens is 1. The van der Waals surface area contributed by atoms with Crippen LogP contribution >= 0.6 is 0 Å². The summed E-state index contributed by atoms with van der Waals surface area (Å²) >= 11 is 0. The zero-order chi connectivity index (χ0) is 16.8. The summed E-state index contributed by atoms with van der Waals surface area (Å²) in [5.41, 5.74) is 9.32. The molecular formula is C20H19N3O. The number of hydrogen-bond acceptors (Lipinski definition) is 3. The van der Waals surface area contributed by atoms with Crippen molar-refractivity contribution in [1.82, 2.24) is 4.98 Å². The first-order valence-corrected chi connectivity index (χ1v) is 7.88. The predicted octanol–water partition coefficient (Wildman–Crippen LogP) is 3.69. The number of amides is 1. The van der Waals surface area contributed by atoms with Gasteiger partial charge in [-0.1, -0.05) is 42.5 Å². The van der Waals surface area contributed by atoms with E-state index >= 15 is 0 Å². The summed E-state index contributed by atoms with van der Waals surface area (Å²) in [6.07, 6.45) is 6.27. The van der Waals surface area contributed by atoms with Crippen LogP contribution in [0.3, 0.4) is 0 Å². The number of nitrogens with two attached hydrogens (primary N) is 1. The lowest BCUT2D eigenvalue weighted by atomic mass is 10.1. The first-order valence-electron chi connectivity index (χ1n) is 7.88. The molecule has 1 heterocycles. The van der Waals surface area contributed by atoms with Crippen LogP contribution < -0.4 is 11.1 Å². The fraction of sp³-hybridized carbons (Fsp3) is 0.100. The molecule has 2 aromatic carbocycles. The number of benzene rings is 2. The van der Waals surface area contributed by atoms with Gasteiger partial charge in [0, 0.05) is 30.2 Å². The maximum atomic E-state index is 11.5. The summed E-state index contributed by atoms with van der Waals surface area (Å²) < 4.78 is 0. The van der Waals surface area contributed by atoms with Gasteiger partial charge in [-0.3, -0.25) is 9.78 Å². The first-order chi connectivity index (χ1) is 11.8. The Morgan fingerprint density at radius 3 is 2.62 bits per heavy atom. The number of fused-ring (bicyclic) bond motifs is 1. The highest BCUT2D eigenvalue weighted by molar-refractivity contribution is 5.92. The van der Waals surface area contributed by atoms with Crippen LogP contribution in [0.15, 0.2) is 60.8 Å². The van der Waals surface area contributed by atoms with E-state index in [4.69, 9.17) is 5.73 Å². The molecule has 3 rings (SSSR count). The van der Waals surface area contributed by atoms with Crippen LogP contribution in [0.4, 0.5) is 5.69 Å². The third-order valence-electron chi connectivity index (χ3n) is 3.70. The fourth-order valence-electron chi connectivity index (χ4n) is 2.48. The normalized spacial score (nSPS) is 11.0. The Labute approximate surface area is 141 Å². The van der Waals surface area contributed by atoms with Crippen LogP contribution in [-0.2, 0) is 4.79 Å². The molecule has 120 valence electrons. The second-order valence-corrected chi connectivity index (χ2v) is 5.46. The third-order valence-corrected chi connectivity index (χ3v) is 3.70. The van der Waals surface area contributed by atoms with Gasteiger partial charge in [-0.25, -0.2) is 0 Å². The number of carbonyl (C=O) groups excluding carboxylic acids is 1. The highest BCUT2D eigenvalue weighted by Gasteiger charge is 2.00. The van der Waals surface area contributed by atoms with Crippen LogP contribution in [0.25, 0.3) is 23.1 Å². The van der Waals surface area contributed by atoms with Gasteiger partial charge in [0.15, 0.2) is 0 Å². The summed E-state index contributed by atoms with van der Waals surface area (Å²) in [6.45, 7) is 0.354. The molecule has 0 atom stereocenters. The standard InChI is InChI=1S/C20H19N3O/c21-13-11-20(24)23-17-9-6-15(7-10-17)5-8-16-12-14-22-19-4-2-1-3-18(16)19/h1-10,12,14H,11,13,21H2,(H,23,24)/b8-5+. The largest absolute Gasteiger partial charge is 0.330 e. The molecule has 0 saturated carbocycles. The topological polar surface area (TPSA) is 68.0 Å². The van der Waals surface area contributed by atoms with Gasteiger partial charge < -0.3 is 11.1 Å². The summed E-state index contributed by atoms with van der Waals surface area (Å²) in [6, 6.07) is 17.8. The Morgan fingerprint density at radius 2 is 1.83 bits per heavy atom. The summed E-state index contributed by atoms with van der Waals surface area (Å²) in [7, 11) is 0. The first kappa shape index (κ1) is 15.9. The molecule has 24 heavy (non-hydrogen) atoms. The third kappa shape index (κ3) is 3.86. The SMILES string of the molecule is NCCC(=O)Nc1ccc(/C=C/c2ccnc3ccccc23)cc1. The Morgan fingerprint density at radius 1 is 1.04 bits per heavy atom. The van der Waals surface area contributed by atoms with Crippen molar-refractivity contribution in [2.24, 2.45) is 5.73 Å². The van der Waals surface area contributed by atoms with Crippen molar-refractivity contribution in [3.05, 3.63) is 71.9 Å². The van der Waals surface area contributed by atoms with Gasteiger partial charge in [0.05, 0.1) is 5.52 Å². The summed E-state index contributed by atoms with van der Waals surface area (Å²) in [5, 5.41) is 3.94. The van der Waals surface area contributed by atoms with E-state index in [0.717, 1.165) is 27.7 Å². The minimum absolute atomic E-state index is 0.0657. The molecule has 0 radical (unpaired) electrons. The van der Waals surface area contributed by atoms with Crippen molar-refractivity contribution in [2.45, 2.75) is 6.42 Å². The highest BCUT2D eigenvalue weighted by Crippen LogP contribution is 2.19. The number of hydrogen-bond donors (Lipinski definition) is 2. The van der Waals surface area contributed by atoms with Crippen molar-refractivity contribution in [3.63, 3.8) is 0 Å². The molecule has 0 unspecified atom stereocenters. The smallest absolute Gasteiger partial charge is 0.225 e. The molecular weight excluding hydrogens is 298 g/mol. The lowest BCUT2D eigenvalue weighted by Crippen LogP contribution is -2.15. The van der Waals surface area contributed by atoms with Crippen molar-refractivity contribution in [3.8, 4) is 0 Å². The molecule has 0 bridgehead atoms. The predicted molar refractivity (Wildman–Crippen MR) is 99.4 cm³/mol. The number of nitrogens with zero attached hydrogens (tertiary/aromatic N) is 1. The fourth-order valence-corrected chi connectivity index (χ4v) is 2.48. The van der Waals surface area contributed by atoms with E-state index in [9.17, 15) is 4.79 Å². The minimum atomic E-state index is -0.0657. The van der Waals surface area contributed by atoms with Gasteiger partial charge in [0.2, 0.25) is 5.91 Å². The molecule has 1 amide bonds. The lowest BCUT2D eigenvalue weighted by Gasteiger charge is -2.04. The zero-order valence-electron chi connectivity index (χ0n) is 13.3. The zero-order valence-corrected chi connectivity index (χ0v) is 13.3. The summed E-state index contributed by atoms with van der Waals surface area (Å²) in [4.78, 5) is 15.9. The monoisotopic (exact) mass is 317 g/mol. The minimum Gasteiger partial charge on any atom is -0.330 e. The number of nitrogens with one attached hydrogen (secondary N) is 1. The second-order valence-electron chi connectivity index (χ2n) is 5.46. The van der Waals surface area contributed by atoms with Crippen LogP contribution in [-0.4, -0.2) is 17.4 Å². The van der Waals surface area contributed by atoms with Crippen LogP contribution in [0.1, 0.15) is 17.5 Å². The maximum absolute atomic E-state index is 11.5. The quantitative estimate of drug-likeness (QED) is 0.754. The Hall–Kier alpha value is -2.98. The molecule has 3 aromatic rings. The number of anilines is 1. The Kier molecular flexibility index (Phi) is 4.99. The van der Waals surface area contributed by atoms with E-state index in [-0.39, 0.29) is 5.91 Å². The van der Waals surface area contributed by atoms with Crippen molar-refractivity contribution < 1.29 is 4.79 Å². The van der Waals surface area contributed by atoms with Crippen LogP contribution in [0.2, 0.25) is 0 Å². The van der Waals surface area contributed by atoms with Gasteiger partial charge >= 0.3 is 0 Å². The number of para-hydroxylation sites is 1. The average molecular weight is 317 g/mol. The molecule has 0 aliphatic heterocycles. The number of rotatable bonds is 5. The van der Waals surface area contributed by atoms with Gasteiger partial charge in [-0.2, -0.15) is 0 Å². The molecule has 1 aromatic heterocycles. The Balaban J connectivity index is 1.75. The van der Waals surface area contributed by atoms with Gasteiger partial charge in [0.25, 0.3) is 0 Å². The number of pyridine rings is 1. The van der Waals surface area contributed by atoms with Crippen molar-refractivity contribution in [1.29, 1.82) is 0 Å². The molecule has 0 spiro atoms. The van der Waals surface area contributed by atoms with Gasteiger partial charge in [-0.15, -0.1) is 0 Å². The van der Waals surface area contributed by atoms with E-state index in [0.29, 0.717) is 13.0 Å². The molecule has 3 N–H and O–H groups in total. The van der Waals surface area contributed by atoms with Crippen molar-refractivity contribution >= 4 is 34.6 Å². The maximum Gasteiger partial charge on any atom is 0.225 e. The van der Waals surface area contributed by atoms with E-state index in [1.165, 1.54) is 0 Å². The van der Waals surface area contributed by atoms with E-state index < -0.39 is 0 Å². The van der Waals surface area contributed by atoms with Crippen LogP contribution in [0, 0.1) is 0 Å². The molecule has 0 fully saturated rings. The summed E-state index contributed by atoms with van der Waals surface area (Å²) in [5.74, 6) is -0.0657. The van der Waals surface area contributed by atoms with Gasteiger partial charge in [0.1, 0.15) is 0 Å². The van der Waals surface area contributed by atoms with Crippen LogP contribution in [0.5, 0.6) is 0 Å². The molecule has 0 aliphatic carbocycles. The molecule has 4 heteroatoms. The Bertz CT molecular complexity index is 864. The van der Waals surface area contributed by atoms with E-state index in [1.54, 1.807) is 0 Å². The lowest BCUT2D eigenvalue weighted by molar-refractivity contribution is -0.116. The van der Waals surface area contributed by atoms with Gasteiger partial charge in [-0.05, 0) is 35.4 Å². The highest BCUT2D eigenvalue weighted by atomic mass is 16.1. The second kappa shape index (κ2) is 7.53. The molecule has 0 saturated heterocycles. The van der Waals surface area contributed by atoms with E-state index in [1.807, 2.05) is 60.8 Å². The molecule has 0 aliphatic rings. The molecule has 4 nitrogen and oxygen atoms in total. The van der Waals surface area contributed by atoms with E-state index in [2.05, 4.69) is 22.4 Å². The van der Waals surface area contributed by atoms with Crippen molar-refractivity contribution in [2.75, 3.05) is 11.9 Å².